The number of rotatable bonds is 10. The summed E-state index contributed by atoms with van der Waals surface area (Å²) < 4.78 is 0.819. The molecular formula is C16H28ClNS. The first-order valence-electron chi connectivity index (χ1n) is 7.70. The molecule has 0 N–H and O–H groups in total. The summed E-state index contributed by atoms with van der Waals surface area (Å²) in [4.78, 5) is 4.44. The molecule has 0 unspecified atom stereocenters. The molecule has 0 bridgehead atoms. The predicted octanol–water partition coefficient (Wildman–Crippen LogP) is 6.51. The summed E-state index contributed by atoms with van der Waals surface area (Å²) in [6.07, 6.45) is 13.5. The molecule has 1 nitrogen and oxygen atoms in total. The molecule has 1 rings (SSSR count). The van der Waals surface area contributed by atoms with E-state index >= 15 is 0 Å². The van der Waals surface area contributed by atoms with Gasteiger partial charge in [0.2, 0.25) is 0 Å². The molecule has 0 spiro atoms. The van der Waals surface area contributed by atoms with E-state index in [1.165, 1.54) is 56.4 Å². The standard InChI is InChI=1S/C16H28ClNS/c1-4-6-8-10-16(3,11-9-7-5-2)12-15-18-13-14(17)19-15/h13H,4-12H2,1-3H3. The highest BCUT2D eigenvalue weighted by Gasteiger charge is 2.25. The van der Waals surface area contributed by atoms with Crippen molar-refractivity contribution in [2.75, 3.05) is 0 Å². The van der Waals surface area contributed by atoms with Crippen molar-refractivity contribution < 1.29 is 0 Å². The van der Waals surface area contributed by atoms with Crippen LogP contribution in [0.2, 0.25) is 4.34 Å². The van der Waals surface area contributed by atoms with Crippen molar-refractivity contribution in [3.8, 4) is 0 Å². The van der Waals surface area contributed by atoms with E-state index in [9.17, 15) is 0 Å². The normalized spacial score (nSPS) is 12.0. The topological polar surface area (TPSA) is 12.9 Å². The van der Waals surface area contributed by atoms with Gasteiger partial charge in [-0.1, -0.05) is 70.9 Å². The minimum atomic E-state index is 0.408. The molecular weight excluding hydrogens is 274 g/mol. The average Bonchev–Trinajstić information content (AvgIpc) is 2.75. The van der Waals surface area contributed by atoms with Crippen LogP contribution in [0.1, 0.15) is 77.1 Å². The minimum absolute atomic E-state index is 0.408. The summed E-state index contributed by atoms with van der Waals surface area (Å²) in [7, 11) is 0. The Kier molecular flexibility index (Phi) is 8.01. The maximum Gasteiger partial charge on any atom is 0.113 e. The first-order valence-corrected chi connectivity index (χ1v) is 8.89. The zero-order valence-corrected chi connectivity index (χ0v) is 14.2. The molecule has 0 aromatic carbocycles. The van der Waals surface area contributed by atoms with E-state index in [4.69, 9.17) is 11.6 Å². The lowest BCUT2D eigenvalue weighted by Gasteiger charge is -2.29. The van der Waals surface area contributed by atoms with Crippen molar-refractivity contribution in [1.82, 2.24) is 4.98 Å². The molecule has 0 radical (unpaired) electrons. The number of unbranched alkanes of at least 4 members (excludes halogenated alkanes) is 4. The number of hydrogen-bond donors (Lipinski definition) is 0. The lowest BCUT2D eigenvalue weighted by molar-refractivity contribution is 0.250. The molecule has 110 valence electrons. The Labute approximate surface area is 127 Å². The van der Waals surface area contributed by atoms with Gasteiger partial charge < -0.3 is 0 Å². The zero-order chi connectivity index (χ0) is 14.1. The van der Waals surface area contributed by atoms with Gasteiger partial charge in [-0.25, -0.2) is 4.98 Å². The maximum atomic E-state index is 6.00. The Morgan fingerprint density at radius 1 is 1.11 bits per heavy atom. The first kappa shape index (κ1) is 17.0. The van der Waals surface area contributed by atoms with Gasteiger partial charge in [-0.15, -0.1) is 11.3 Å². The van der Waals surface area contributed by atoms with E-state index in [0.29, 0.717) is 5.41 Å². The molecule has 1 heterocycles. The van der Waals surface area contributed by atoms with Gasteiger partial charge in [-0.2, -0.15) is 0 Å². The number of nitrogens with zero attached hydrogens (tertiary/aromatic N) is 1. The average molecular weight is 302 g/mol. The van der Waals surface area contributed by atoms with Gasteiger partial charge in [-0.05, 0) is 18.3 Å². The van der Waals surface area contributed by atoms with Crippen LogP contribution in [-0.2, 0) is 6.42 Å². The number of hydrogen-bond acceptors (Lipinski definition) is 2. The van der Waals surface area contributed by atoms with Gasteiger partial charge >= 0.3 is 0 Å². The Morgan fingerprint density at radius 3 is 2.11 bits per heavy atom. The third-order valence-corrected chi connectivity index (χ3v) is 4.99. The van der Waals surface area contributed by atoms with Crippen LogP contribution in [0.15, 0.2) is 6.20 Å². The second-order valence-electron chi connectivity index (χ2n) is 5.96. The van der Waals surface area contributed by atoms with Crippen LogP contribution in [0.3, 0.4) is 0 Å². The lowest BCUT2D eigenvalue weighted by Crippen LogP contribution is -2.19. The lowest BCUT2D eigenvalue weighted by atomic mass is 9.77. The van der Waals surface area contributed by atoms with Gasteiger partial charge in [0.25, 0.3) is 0 Å². The molecule has 0 fully saturated rings. The van der Waals surface area contributed by atoms with E-state index in [-0.39, 0.29) is 0 Å². The quantitative estimate of drug-likeness (QED) is 0.449. The fourth-order valence-electron chi connectivity index (χ4n) is 2.64. The van der Waals surface area contributed by atoms with Crippen molar-refractivity contribution in [3.63, 3.8) is 0 Å². The molecule has 0 aliphatic rings. The smallest absolute Gasteiger partial charge is 0.113 e. The Balaban J connectivity index is 2.56. The van der Waals surface area contributed by atoms with Gasteiger partial charge in [0.1, 0.15) is 4.34 Å². The summed E-state index contributed by atoms with van der Waals surface area (Å²) in [5, 5.41) is 1.21. The molecule has 0 saturated carbocycles. The highest BCUT2D eigenvalue weighted by atomic mass is 35.5. The van der Waals surface area contributed by atoms with Crippen molar-refractivity contribution >= 4 is 22.9 Å². The van der Waals surface area contributed by atoms with Crippen LogP contribution in [0, 0.1) is 5.41 Å². The fourth-order valence-corrected chi connectivity index (χ4v) is 3.81. The Bertz CT molecular complexity index is 338. The third kappa shape index (κ3) is 6.76. The summed E-state index contributed by atoms with van der Waals surface area (Å²) in [6.45, 7) is 6.98. The molecule has 1 aromatic rings. The van der Waals surface area contributed by atoms with Crippen molar-refractivity contribution in [1.29, 1.82) is 0 Å². The molecule has 0 amide bonds. The van der Waals surface area contributed by atoms with Crippen LogP contribution < -0.4 is 0 Å². The van der Waals surface area contributed by atoms with Gasteiger partial charge in [0, 0.05) is 6.42 Å². The number of aromatic nitrogens is 1. The van der Waals surface area contributed by atoms with Gasteiger partial charge in [-0.3, -0.25) is 0 Å². The van der Waals surface area contributed by atoms with Crippen LogP contribution >= 0.6 is 22.9 Å². The van der Waals surface area contributed by atoms with E-state index in [1.54, 1.807) is 17.5 Å². The second-order valence-corrected chi connectivity index (χ2v) is 7.71. The summed E-state index contributed by atoms with van der Waals surface area (Å²) in [6, 6.07) is 0. The molecule has 0 aliphatic heterocycles. The molecule has 0 aliphatic carbocycles. The second kappa shape index (κ2) is 8.97. The first-order chi connectivity index (χ1) is 9.09. The highest BCUT2D eigenvalue weighted by Crippen LogP contribution is 2.36. The van der Waals surface area contributed by atoms with Crippen LogP contribution in [0.4, 0.5) is 0 Å². The fraction of sp³-hybridized carbons (Fsp3) is 0.812. The summed E-state index contributed by atoms with van der Waals surface area (Å²) in [5.74, 6) is 0. The predicted molar refractivity (Wildman–Crippen MR) is 87.2 cm³/mol. The summed E-state index contributed by atoms with van der Waals surface area (Å²) in [5.41, 5.74) is 0.408. The maximum absolute atomic E-state index is 6.00. The Morgan fingerprint density at radius 2 is 1.68 bits per heavy atom. The number of halogens is 1. The molecule has 19 heavy (non-hydrogen) atoms. The van der Waals surface area contributed by atoms with E-state index in [1.807, 2.05) is 0 Å². The van der Waals surface area contributed by atoms with Crippen molar-refractivity contribution in [3.05, 3.63) is 15.5 Å². The van der Waals surface area contributed by atoms with Crippen LogP contribution in [-0.4, -0.2) is 4.98 Å². The van der Waals surface area contributed by atoms with Crippen LogP contribution in [0.5, 0.6) is 0 Å². The minimum Gasteiger partial charge on any atom is -0.248 e. The molecule has 3 heteroatoms. The number of thiazole rings is 1. The summed E-state index contributed by atoms with van der Waals surface area (Å²) >= 11 is 7.65. The molecule has 1 aromatic heterocycles. The molecule has 0 saturated heterocycles. The van der Waals surface area contributed by atoms with E-state index in [0.717, 1.165) is 10.8 Å². The van der Waals surface area contributed by atoms with E-state index < -0.39 is 0 Å². The molecule has 0 atom stereocenters. The monoisotopic (exact) mass is 301 g/mol. The third-order valence-electron chi connectivity index (χ3n) is 3.87. The van der Waals surface area contributed by atoms with Crippen molar-refractivity contribution in [2.24, 2.45) is 5.41 Å². The van der Waals surface area contributed by atoms with Gasteiger partial charge in [0.05, 0.1) is 11.2 Å². The van der Waals surface area contributed by atoms with Gasteiger partial charge in [0.15, 0.2) is 0 Å². The zero-order valence-electron chi connectivity index (χ0n) is 12.7. The SMILES string of the molecule is CCCCCC(C)(CCCCC)Cc1ncc(Cl)s1. The Hall–Kier alpha value is -0.0800. The van der Waals surface area contributed by atoms with Crippen LogP contribution in [0.25, 0.3) is 0 Å². The van der Waals surface area contributed by atoms with Crippen molar-refractivity contribution in [2.45, 2.75) is 78.6 Å². The van der Waals surface area contributed by atoms with E-state index in [2.05, 4.69) is 25.8 Å². The largest absolute Gasteiger partial charge is 0.248 e. The highest BCUT2D eigenvalue weighted by molar-refractivity contribution is 7.15.